The Morgan fingerprint density at radius 1 is 1.13 bits per heavy atom. The molecular formula is C28H33N7O3S. The number of hydrogen-bond acceptors (Lipinski definition) is 7. The molecule has 3 aromatic heterocycles. The summed E-state index contributed by atoms with van der Waals surface area (Å²) in [4.78, 5) is 23.0. The van der Waals surface area contributed by atoms with Crippen LogP contribution in [0.5, 0.6) is 5.88 Å². The number of fused-ring (bicyclic) bond motifs is 7. The van der Waals surface area contributed by atoms with Crippen molar-refractivity contribution in [1.82, 2.24) is 24.3 Å². The Morgan fingerprint density at radius 3 is 2.77 bits per heavy atom. The van der Waals surface area contributed by atoms with Crippen LogP contribution in [0.2, 0.25) is 0 Å². The van der Waals surface area contributed by atoms with Crippen molar-refractivity contribution in [2.45, 2.75) is 46.1 Å². The van der Waals surface area contributed by atoms with Crippen LogP contribution < -0.4 is 10.1 Å². The van der Waals surface area contributed by atoms with Crippen LogP contribution in [0.3, 0.4) is 0 Å². The monoisotopic (exact) mass is 547 g/mol. The highest BCUT2D eigenvalue weighted by Crippen LogP contribution is 2.32. The summed E-state index contributed by atoms with van der Waals surface area (Å²) in [5.74, 6) is 2.43. The maximum Gasteiger partial charge on any atom is 0.258 e. The van der Waals surface area contributed by atoms with Crippen LogP contribution in [-0.2, 0) is 23.3 Å². The molecule has 6 rings (SSSR count). The highest BCUT2D eigenvalue weighted by Gasteiger charge is 2.22. The summed E-state index contributed by atoms with van der Waals surface area (Å²) in [5.41, 5.74) is 4.89. The number of nitrogens with one attached hydrogen (secondary N) is 1. The number of nitrogens with zero attached hydrogens (tertiary/aromatic N) is 6. The minimum absolute atomic E-state index is 0.272. The lowest BCUT2D eigenvalue weighted by molar-refractivity contribution is 0.102. The number of hydrogen-bond donors (Lipinski definition) is 1. The number of carbonyl (C=O) groups excluding carboxylic acids is 1. The first-order chi connectivity index (χ1) is 18.8. The van der Waals surface area contributed by atoms with Crippen LogP contribution in [0, 0.1) is 12.8 Å². The number of ether oxygens (including phenoxy) is 1. The number of imidazole rings is 1. The van der Waals surface area contributed by atoms with Crippen LogP contribution in [0.1, 0.15) is 48.7 Å². The Bertz CT molecular complexity index is 1680. The number of rotatable bonds is 1. The highest BCUT2D eigenvalue weighted by molar-refractivity contribution is 7.93. The molecule has 1 atom stereocenters. The van der Waals surface area contributed by atoms with Gasteiger partial charge in [0.25, 0.3) is 5.91 Å². The molecule has 4 aromatic rings. The van der Waals surface area contributed by atoms with Crippen LogP contribution in [0.4, 0.5) is 11.6 Å². The minimum Gasteiger partial charge on any atom is -0.477 e. The van der Waals surface area contributed by atoms with Gasteiger partial charge in [0.15, 0.2) is 0 Å². The number of benzene rings is 1. The molecule has 2 bridgehead atoms. The van der Waals surface area contributed by atoms with Gasteiger partial charge < -0.3 is 9.30 Å². The van der Waals surface area contributed by atoms with Gasteiger partial charge in [-0.2, -0.15) is 9.46 Å². The molecule has 2 aliphatic heterocycles. The van der Waals surface area contributed by atoms with E-state index in [0.717, 1.165) is 42.3 Å². The van der Waals surface area contributed by atoms with E-state index in [0.29, 0.717) is 59.1 Å². The maximum absolute atomic E-state index is 13.5. The fraction of sp³-hybridized carbons (Fsp3) is 0.429. The van der Waals surface area contributed by atoms with Crippen molar-refractivity contribution in [1.29, 1.82) is 0 Å². The average molecular weight is 548 g/mol. The molecule has 39 heavy (non-hydrogen) atoms. The first-order valence-electron chi connectivity index (χ1n) is 13.5. The Hall–Kier alpha value is -3.73. The van der Waals surface area contributed by atoms with E-state index in [9.17, 15) is 9.00 Å². The van der Waals surface area contributed by atoms with Gasteiger partial charge >= 0.3 is 0 Å². The zero-order chi connectivity index (χ0) is 27.1. The summed E-state index contributed by atoms with van der Waals surface area (Å²) in [5, 5.41) is 7.42. The average Bonchev–Trinajstić information content (AvgIpc) is 3.58. The van der Waals surface area contributed by atoms with E-state index in [1.807, 2.05) is 36.7 Å². The van der Waals surface area contributed by atoms with Gasteiger partial charge in [0.1, 0.15) is 0 Å². The van der Waals surface area contributed by atoms with Crippen LogP contribution in [-0.4, -0.2) is 52.5 Å². The molecular weight excluding hydrogens is 514 g/mol. The van der Waals surface area contributed by atoms with Gasteiger partial charge in [-0.3, -0.25) is 15.1 Å². The predicted molar refractivity (Wildman–Crippen MR) is 152 cm³/mol. The summed E-state index contributed by atoms with van der Waals surface area (Å²) < 4.78 is 27.6. The molecule has 204 valence electrons. The van der Waals surface area contributed by atoms with Gasteiger partial charge in [0.05, 0.1) is 50.5 Å². The molecule has 1 unspecified atom stereocenters. The van der Waals surface area contributed by atoms with Gasteiger partial charge in [0.2, 0.25) is 11.8 Å². The van der Waals surface area contributed by atoms with Crippen molar-refractivity contribution < 1.29 is 13.7 Å². The molecule has 0 aliphatic carbocycles. The first kappa shape index (κ1) is 25.5. The molecule has 2 aliphatic rings. The summed E-state index contributed by atoms with van der Waals surface area (Å²) in [6, 6.07) is 9.24. The largest absolute Gasteiger partial charge is 0.477 e. The van der Waals surface area contributed by atoms with E-state index >= 15 is 0 Å². The molecule has 1 fully saturated rings. The van der Waals surface area contributed by atoms with E-state index in [2.05, 4.69) is 26.7 Å². The SMILES string of the molecule is Cc1cc2cc(n1)-c1cnn(C)c1OCCCC(C)Cn1c(nc3ccc(N=S4(=O)CCCC4)cc31)NC2=O. The fourth-order valence-corrected chi connectivity index (χ4v) is 7.57. The summed E-state index contributed by atoms with van der Waals surface area (Å²) in [6.45, 7) is 5.25. The fourth-order valence-electron chi connectivity index (χ4n) is 5.38. The molecule has 5 heterocycles. The summed E-state index contributed by atoms with van der Waals surface area (Å²) in [6.07, 6.45) is 5.41. The van der Waals surface area contributed by atoms with E-state index in [1.54, 1.807) is 23.0 Å². The van der Waals surface area contributed by atoms with Crippen molar-refractivity contribution in [3.63, 3.8) is 0 Å². The first-order valence-corrected chi connectivity index (χ1v) is 15.3. The highest BCUT2D eigenvalue weighted by atomic mass is 32.2. The molecule has 0 spiro atoms. The molecule has 1 amide bonds. The molecule has 1 saturated heterocycles. The van der Waals surface area contributed by atoms with Crippen LogP contribution in [0.15, 0.2) is 40.9 Å². The van der Waals surface area contributed by atoms with E-state index in [4.69, 9.17) is 9.72 Å². The smallest absolute Gasteiger partial charge is 0.258 e. The Kier molecular flexibility index (Phi) is 6.62. The molecule has 0 radical (unpaired) electrons. The molecule has 0 saturated carbocycles. The summed E-state index contributed by atoms with van der Waals surface area (Å²) >= 11 is 0. The molecule has 11 heteroatoms. The number of pyridine rings is 1. The van der Waals surface area contributed by atoms with Gasteiger partial charge in [-0.1, -0.05) is 6.92 Å². The van der Waals surface area contributed by atoms with Gasteiger partial charge in [0, 0.05) is 36.4 Å². The molecule has 1 aromatic carbocycles. The maximum atomic E-state index is 13.5. The quantitative estimate of drug-likeness (QED) is 0.355. The third kappa shape index (κ3) is 5.15. The zero-order valence-corrected chi connectivity index (χ0v) is 23.3. The number of aromatic nitrogens is 5. The van der Waals surface area contributed by atoms with Crippen LogP contribution in [0.25, 0.3) is 22.3 Å². The van der Waals surface area contributed by atoms with Crippen molar-refractivity contribution in [3.05, 3.63) is 47.8 Å². The second kappa shape index (κ2) is 10.1. The number of carbonyl (C=O) groups is 1. The Morgan fingerprint density at radius 2 is 1.95 bits per heavy atom. The zero-order valence-electron chi connectivity index (χ0n) is 22.5. The number of anilines is 1. The van der Waals surface area contributed by atoms with Crippen molar-refractivity contribution >= 4 is 38.3 Å². The molecule has 1 N–H and O–H groups in total. The van der Waals surface area contributed by atoms with Crippen molar-refractivity contribution in [2.75, 3.05) is 23.4 Å². The normalized spacial score (nSPS) is 19.4. The standard InChI is InChI=1S/C28H33N7O3S/c1-18-7-6-10-38-27-22(16-29-34(27)3)24-14-20(13-19(2)30-24)26(36)32-28-31-23-9-8-21(15-25(23)35(28)17-18)33-39(37)11-4-5-12-39/h8-9,13-16,18H,4-7,10-12,17H2,1-3H3,(H,31,32,36). The third-order valence-corrected chi connectivity index (χ3v) is 9.75. The second-order valence-corrected chi connectivity index (χ2v) is 13.2. The lowest BCUT2D eigenvalue weighted by Crippen LogP contribution is -2.18. The van der Waals surface area contributed by atoms with Crippen molar-refractivity contribution in [2.24, 2.45) is 17.3 Å². The van der Waals surface area contributed by atoms with Crippen molar-refractivity contribution in [3.8, 4) is 17.1 Å². The predicted octanol–water partition coefficient (Wildman–Crippen LogP) is 5.09. The topological polar surface area (TPSA) is 116 Å². The third-order valence-electron chi connectivity index (χ3n) is 7.36. The Labute approximate surface area is 228 Å². The lowest BCUT2D eigenvalue weighted by Gasteiger charge is -2.16. The number of aryl methyl sites for hydroxylation is 2. The van der Waals surface area contributed by atoms with E-state index in [-0.39, 0.29) is 11.8 Å². The molecule has 10 nitrogen and oxygen atoms in total. The number of amides is 1. The van der Waals surface area contributed by atoms with Gasteiger partial charge in [-0.25, -0.2) is 13.9 Å². The minimum atomic E-state index is -2.20. The van der Waals surface area contributed by atoms with Crippen LogP contribution >= 0.6 is 0 Å². The lowest BCUT2D eigenvalue weighted by atomic mass is 10.1. The second-order valence-electron chi connectivity index (χ2n) is 10.6. The van der Waals surface area contributed by atoms with Gasteiger partial charge in [-0.15, -0.1) is 0 Å². The van der Waals surface area contributed by atoms with E-state index in [1.165, 1.54) is 0 Å². The van der Waals surface area contributed by atoms with Gasteiger partial charge in [-0.05, 0) is 68.9 Å². The summed E-state index contributed by atoms with van der Waals surface area (Å²) in [7, 11) is -0.358. The van der Waals surface area contributed by atoms with E-state index < -0.39 is 9.73 Å². The Balaban J connectivity index is 1.44.